The molecule has 1 fully saturated rings. The van der Waals surface area contributed by atoms with E-state index in [-0.39, 0.29) is 23.9 Å². The topological polar surface area (TPSA) is 79.0 Å². The minimum absolute atomic E-state index is 0.179. The number of esters is 1. The number of rotatable bonds is 5. The predicted octanol–water partition coefficient (Wildman–Crippen LogP) is 2.36. The summed E-state index contributed by atoms with van der Waals surface area (Å²) in [4.78, 5) is 41.0. The van der Waals surface area contributed by atoms with Crippen molar-refractivity contribution in [3.63, 3.8) is 0 Å². The summed E-state index contributed by atoms with van der Waals surface area (Å²) < 4.78 is 4.84. The van der Waals surface area contributed by atoms with E-state index in [0.29, 0.717) is 15.4 Å². The van der Waals surface area contributed by atoms with E-state index >= 15 is 0 Å². The molecule has 0 atom stereocenters. The molecule has 0 spiro atoms. The van der Waals surface area contributed by atoms with Gasteiger partial charge < -0.3 is 15.0 Å². The number of ether oxygens (including phenoxy) is 1. The SMILES string of the molecule is COC(=O)c1c(NC(=O)CN2CCCCCC2)sc(C(=O)N(C)C)c1C. The summed E-state index contributed by atoms with van der Waals surface area (Å²) in [6.07, 6.45) is 4.59. The number of anilines is 1. The maximum absolute atomic E-state index is 12.5. The summed E-state index contributed by atoms with van der Waals surface area (Å²) in [5, 5.41) is 3.19. The number of amides is 2. The van der Waals surface area contributed by atoms with Crippen LogP contribution in [0.3, 0.4) is 0 Å². The van der Waals surface area contributed by atoms with Crippen LogP contribution in [0.15, 0.2) is 0 Å². The summed E-state index contributed by atoms with van der Waals surface area (Å²) in [5.74, 6) is -0.936. The molecule has 1 saturated heterocycles. The van der Waals surface area contributed by atoms with Crippen molar-refractivity contribution in [3.8, 4) is 0 Å². The number of nitrogens with one attached hydrogen (secondary N) is 1. The van der Waals surface area contributed by atoms with Crippen LogP contribution in [0.4, 0.5) is 5.00 Å². The normalized spacial score (nSPS) is 15.2. The lowest BCUT2D eigenvalue weighted by Gasteiger charge is -2.18. The maximum Gasteiger partial charge on any atom is 0.341 e. The first-order valence-corrected chi connectivity index (χ1v) is 9.62. The fraction of sp³-hybridized carbons (Fsp3) is 0.611. The lowest BCUT2D eigenvalue weighted by Crippen LogP contribution is -2.34. The molecule has 8 heteroatoms. The minimum atomic E-state index is -0.554. The van der Waals surface area contributed by atoms with Gasteiger partial charge >= 0.3 is 5.97 Å². The average molecular weight is 381 g/mol. The van der Waals surface area contributed by atoms with Gasteiger partial charge in [0.05, 0.1) is 24.1 Å². The average Bonchev–Trinajstić information content (AvgIpc) is 2.77. The van der Waals surface area contributed by atoms with Crippen molar-refractivity contribution in [2.75, 3.05) is 46.2 Å². The van der Waals surface area contributed by atoms with Gasteiger partial charge in [0.2, 0.25) is 5.91 Å². The number of hydrogen-bond acceptors (Lipinski definition) is 6. The summed E-state index contributed by atoms with van der Waals surface area (Å²) in [6.45, 7) is 3.80. The molecule has 2 amide bonds. The standard InChI is InChI=1S/C18H27N3O4S/c1-12-14(18(24)25-4)16(26-15(12)17(23)20(2)3)19-13(22)11-21-9-7-5-6-8-10-21/h5-11H2,1-4H3,(H,19,22). The van der Waals surface area contributed by atoms with Gasteiger partial charge in [0.1, 0.15) is 5.00 Å². The molecule has 0 bridgehead atoms. The van der Waals surface area contributed by atoms with E-state index in [4.69, 9.17) is 4.74 Å². The van der Waals surface area contributed by atoms with Crippen molar-refractivity contribution in [1.82, 2.24) is 9.80 Å². The van der Waals surface area contributed by atoms with Gasteiger partial charge in [-0.05, 0) is 38.4 Å². The molecule has 1 aliphatic rings. The van der Waals surface area contributed by atoms with Gasteiger partial charge in [0, 0.05) is 14.1 Å². The van der Waals surface area contributed by atoms with Crippen molar-refractivity contribution in [3.05, 3.63) is 16.0 Å². The highest BCUT2D eigenvalue weighted by molar-refractivity contribution is 7.18. The van der Waals surface area contributed by atoms with Crippen molar-refractivity contribution in [1.29, 1.82) is 0 Å². The van der Waals surface area contributed by atoms with Gasteiger partial charge in [-0.15, -0.1) is 11.3 Å². The van der Waals surface area contributed by atoms with Gasteiger partial charge in [-0.25, -0.2) is 4.79 Å². The van der Waals surface area contributed by atoms with Crippen molar-refractivity contribution < 1.29 is 19.1 Å². The van der Waals surface area contributed by atoms with Gasteiger partial charge in [-0.2, -0.15) is 0 Å². The molecule has 1 aromatic heterocycles. The number of carbonyl (C=O) groups excluding carboxylic acids is 3. The van der Waals surface area contributed by atoms with E-state index in [0.717, 1.165) is 37.3 Å². The molecule has 1 aromatic rings. The summed E-state index contributed by atoms with van der Waals surface area (Å²) in [7, 11) is 4.59. The minimum Gasteiger partial charge on any atom is -0.465 e. The Kier molecular flexibility index (Phi) is 7.16. The highest BCUT2D eigenvalue weighted by Gasteiger charge is 2.27. The Morgan fingerprint density at radius 3 is 2.31 bits per heavy atom. The van der Waals surface area contributed by atoms with E-state index in [2.05, 4.69) is 10.2 Å². The van der Waals surface area contributed by atoms with Crippen LogP contribution in [0.25, 0.3) is 0 Å². The van der Waals surface area contributed by atoms with Crippen LogP contribution in [0, 0.1) is 6.92 Å². The molecule has 0 unspecified atom stereocenters. The third-order valence-corrected chi connectivity index (χ3v) is 5.65. The molecule has 144 valence electrons. The number of methoxy groups -OCH3 is 1. The molecule has 7 nitrogen and oxygen atoms in total. The third-order valence-electron chi connectivity index (χ3n) is 4.46. The van der Waals surface area contributed by atoms with Crippen LogP contribution in [0.5, 0.6) is 0 Å². The van der Waals surface area contributed by atoms with Crippen molar-refractivity contribution in [2.24, 2.45) is 0 Å². The van der Waals surface area contributed by atoms with Crippen LogP contribution < -0.4 is 5.32 Å². The van der Waals surface area contributed by atoms with E-state index in [1.807, 2.05) is 0 Å². The fourth-order valence-electron chi connectivity index (χ4n) is 3.02. The summed E-state index contributed by atoms with van der Waals surface area (Å²) in [6, 6.07) is 0. The van der Waals surface area contributed by atoms with Crippen LogP contribution >= 0.6 is 11.3 Å². The number of carbonyl (C=O) groups is 3. The Labute approximate surface area is 158 Å². The summed E-state index contributed by atoms with van der Waals surface area (Å²) >= 11 is 1.12. The monoisotopic (exact) mass is 381 g/mol. The van der Waals surface area contributed by atoms with Crippen LogP contribution in [-0.4, -0.2) is 68.4 Å². The second kappa shape index (κ2) is 9.14. The predicted molar refractivity (Wildman–Crippen MR) is 102 cm³/mol. The van der Waals surface area contributed by atoms with Crippen molar-refractivity contribution >= 4 is 34.1 Å². The zero-order valence-corrected chi connectivity index (χ0v) is 16.7. The van der Waals surface area contributed by atoms with Gasteiger partial charge in [-0.1, -0.05) is 12.8 Å². The van der Waals surface area contributed by atoms with Crippen LogP contribution in [0.1, 0.15) is 51.3 Å². The molecule has 1 aliphatic heterocycles. The quantitative estimate of drug-likeness (QED) is 0.792. The zero-order valence-electron chi connectivity index (χ0n) is 15.9. The van der Waals surface area contributed by atoms with Crippen LogP contribution in [-0.2, 0) is 9.53 Å². The first kappa shape index (κ1) is 20.4. The fourth-order valence-corrected chi connectivity index (χ4v) is 4.25. The molecule has 2 rings (SSSR count). The molecule has 0 radical (unpaired) electrons. The molecule has 1 N–H and O–H groups in total. The highest BCUT2D eigenvalue weighted by atomic mass is 32.1. The third kappa shape index (κ3) is 4.82. The number of likely N-dealkylation sites (tertiary alicyclic amines) is 1. The highest BCUT2D eigenvalue weighted by Crippen LogP contribution is 2.34. The first-order valence-electron chi connectivity index (χ1n) is 8.80. The second-order valence-corrected chi connectivity index (χ2v) is 7.71. The van der Waals surface area contributed by atoms with E-state index in [1.165, 1.54) is 24.9 Å². The van der Waals surface area contributed by atoms with E-state index in [9.17, 15) is 14.4 Å². The van der Waals surface area contributed by atoms with E-state index < -0.39 is 5.97 Å². The Morgan fingerprint density at radius 2 is 1.77 bits per heavy atom. The van der Waals surface area contributed by atoms with Gasteiger partial charge in [0.15, 0.2) is 0 Å². The second-order valence-electron chi connectivity index (χ2n) is 6.69. The number of thiophene rings is 1. The molecular weight excluding hydrogens is 354 g/mol. The molecule has 2 heterocycles. The molecule has 0 aromatic carbocycles. The zero-order chi connectivity index (χ0) is 19.3. The largest absolute Gasteiger partial charge is 0.465 e. The summed E-state index contributed by atoms with van der Waals surface area (Å²) in [5.41, 5.74) is 0.789. The van der Waals surface area contributed by atoms with E-state index in [1.54, 1.807) is 21.0 Å². The number of hydrogen-bond donors (Lipinski definition) is 1. The number of nitrogens with zero attached hydrogens (tertiary/aromatic N) is 2. The molecular formula is C18H27N3O4S. The van der Waals surface area contributed by atoms with Gasteiger partial charge in [-0.3, -0.25) is 14.5 Å². The molecule has 0 aliphatic carbocycles. The van der Waals surface area contributed by atoms with Crippen molar-refractivity contribution in [2.45, 2.75) is 32.6 Å². The first-order chi connectivity index (χ1) is 12.3. The Hall–Kier alpha value is -1.93. The Bertz CT molecular complexity index is 676. The van der Waals surface area contributed by atoms with Crippen LogP contribution in [0.2, 0.25) is 0 Å². The van der Waals surface area contributed by atoms with Gasteiger partial charge in [0.25, 0.3) is 5.91 Å². The lowest BCUT2D eigenvalue weighted by molar-refractivity contribution is -0.117. The smallest absolute Gasteiger partial charge is 0.341 e. The maximum atomic E-state index is 12.5. The molecule has 26 heavy (non-hydrogen) atoms. The molecule has 0 saturated carbocycles. The lowest BCUT2D eigenvalue weighted by atomic mass is 10.1. The Balaban J connectivity index is 2.20. The Morgan fingerprint density at radius 1 is 1.15 bits per heavy atom.